The first-order valence-electron chi connectivity index (χ1n) is 7.14. The van der Waals surface area contributed by atoms with Crippen LogP contribution < -0.4 is 16.0 Å². The van der Waals surface area contributed by atoms with Gasteiger partial charge in [0.2, 0.25) is 0 Å². The fraction of sp³-hybridized carbons (Fsp3) is 0.769. The summed E-state index contributed by atoms with van der Waals surface area (Å²) in [4.78, 5) is 0. The predicted octanol–water partition coefficient (Wildman–Crippen LogP) is 0.580. The molecule has 1 aromatic rings. The number of rotatable bonds is 4. The second kappa shape index (κ2) is 4.24. The molecule has 3 fully saturated rings. The lowest BCUT2D eigenvalue weighted by Crippen LogP contribution is -2.44. The minimum absolute atomic E-state index is 0.542. The van der Waals surface area contributed by atoms with Crippen LogP contribution in [0.3, 0.4) is 0 Å². The molecule has 4 rings (SSSR count). The van der Waals surface area contributed by atoms with Gasteiger partial charge in [0.1, 0.15) is 5.82 Å². The van der Waals surface area contributed by atoms with E-state index in [1.807, 2.05) is 6.20 Å². The second-order valence-electron chi connectivity index (χ2n) is 5.90. The Bertz CT molecular complexity index is 425. The first kappa shape index (κ1) is 10.8. The van der Waals surface area contributed by atoms with Crippen molar-refractivity contribution in [3.05, 3.63) is 12.3 Å². The third-order valence-corrected chi connectivity index (χ3v) is 4.75. The highest BCUT2D eigenvalue weighted by Crippen LogP contribution is 2.33. The van der Waals surface area contributed by atoms with Gasteiger partial charge in [-0.3, -0.25) is 0 Å². The number of nitrogens with zero attached hydrogens (tertiary/aromatic N) is 2. The quantitative estimate of drug-likeness (QED) is 0.728. The monoisotopic (exact) mass is 247 g/mol. The maximum Gasteiger partial charge on any atom is 0.124 e. The normalized spacial score (nSPS) is 34.8. The van der Waals surface area contributed by atoms with E-state index >= 15 is 0 Å². The van der Waals surface area contributed by atoms with E-state index in [1.54, 1.807) is 0 Å². The lowest BCUT2D eigenvalue weighted by molar-refractivity contribution is 0.320. The first-order valence-corrected chi connectivity index (χ1v) is 7.14. The number of hydrogen-bond donors (Lipinski definition) is 3. The molecule has 3 aliphatic heterocycles. The Hall–Kier alpha value is -1.07. The third kappa shape index (κ3) is 1.73. The number of nitrogens with one attached hydrogen (secondary N) is 3. The predicted molar refractivity (Wildman–Crippen MR) is 70.7 cm³/mol. The highest BCUT2D eigenvalue weighted by atomic mass is 15.4. The Morgan fingerprint density at radius 2 is 2.33 bits per heavy atom. The molecule has 2 bridgehead atoms. The maximum absolute atomic E-state index is 4.43. The number of fused-ring (bicyclic) bond motifs is 2. The highest BCUT2D eigenvalue weighted by Gasteiger charge is 2.38. The highest BCUT2D eigenvalue weighted by molar-refractivity contribution is 5.35. The van der Waals surface area contributed by atoms with Gasteiger partial charge >= 0.3 is 0 Å². The summed E-state index contributed by atoms with van der Waals surface area (Å²) in [6.45, 7) is 3.18. The summed E-state index contributed by atoms with van der Waals surface area (Å²) >= 11 is 0. The van der Waals surface area contributed by atoms with Crippen molar-refractivity contribution < 1.29 is 0 Å². The van der Waals surface area contributed by atoms with Crippen LogP contribution >= 0.6 is 0 Å². The average Bonchev–Trinajstić information content (AvgIpc) is 2.99. The number of aromatic nitrogens is 2. The van der Waals surface area contributed by atoms with Gasteiger partial charge in [-0.1, -0.05) is 0 Å². The molecular formula is C13H21N5. The van der Waals surface area contributed by atoms with Crippen LogP contribution in [0, 0.1) is 5.92 Å². The van der Waals surface area contributed by atoms with Crippen LogP contribution in [0.2, 0.25) is 0 Å². The molecule has 3 N–H and O–H groups in total. The van der Waals surface area contributed by atoms with Gasteiger partial charge in [-0.2, -0.15) is 5.10 Å². The zero-order valence-corrected chi connectivity index (χ0v) is 10.6. The fourth-order valence-electron chi connectivity index (χ4n) is 3.59. The lowest BCUT2D eigenvalue weighted by Gasteiger charge is -2.29. The van der Waals surface area contributed by atoms with Gasteiger partial charge in [0.05, 0.1) is 12.2 Å². The Balaban J connectivity index is 1.38. The molecule has 5 heteroatoms. The Labute approximate surface area is 107 Å². The van der Waals surface area contributed by atoms with Crippen molar-refractivity contribution in [1.29, 1.82) is 0 Å². The molecule has 1 aromatic heterocycles. The van der Waals surface area contributed by atoms with Crippen LogP contribution in [0.4, 0.5) is 5.82 Å². The average molecular weight is 247 g/mol. The molecule has 0 amide bonds. The summed E-state index contributed by atoms with van der Waals surface area (Å²) in [7, 11) is 0. The summed E-state index contributed by atoms with van der Waals surface area (Å²) in [6.07, 6.45) is 5.99. The SMILES string of the molecule is c1cc(NC[C@@H]2C[C@@H]3CC[C@H]2N3)n(C2CNC2)n1. The van der Waals surface area contributed by atoms with Crippen molar-refractivity contribution in [1.82, 2.24) is 20.4 Å². The van der Waals surface area contributed by atoms with Crippen LogP contribution in [0.5, 0.6) is 0 Å². The molecule has 3 saturated heterocycles. The fourth-order valence-corrected chi connectivity index (χ4v) is 3.59. The van der Waals surface area contributed by atoms with Gasteiger partial charge in [-0.15, -0.1) is 0 Å². The molecule has 3 aliphatic rings. The van der Waals surface area contributed by atoms with Gasteiger partial charge in [-0.25, -0.2) is 4.68 Å². The van der Waals surface area contributed by atoms with Crippen molar-refractivity contribution >= 4 is 5.82 Å². The van der Waals surface area contributed by atoms with E-state index in [0.29, 0.717) is 6.04 Å². The van der Waals surface area contributed by atoms with E-state index in [9.17, 15) is 0 Å². The zero-order valence-electron chi connectivity index (χ0n) is 10.6. The van der Waals surface area contributed by atoms with Crippen LogP contribution in [0.15, 0.2) is 12.3 Å². The molecule has 4 heterocycles. The molecule has 0 aromatic carbocycles. The Kier molecular flexibility index (Phi) is 2.55. The zero-order chi connectivity index (χ0) is 11.9. The standard InChI is InChI=1S/C13H21N5/c1-2-12-9(5-10(1)17-12)6-15-13-3-4-16-18(13)11-7-14-8-11/h3-4,9-12,14-15,17H,1-2,5-8H2/t9-,10-,12+/m0/s1. The minimum Gasteiger partial charge on any atom is -0.370 e. The Morgan fingerprint density at radius 3 is 3.00 bits per heavy atom. The molecular weight excluding hydrogens is 226 g/mol. The topological polar surface area (TPSA) is 53.9 Å². The minimum atomic E-state index is 0.542. The van der Waals surface area contributed by atoms with Gasteiger partial charge in [0.15, 0.2) is 0 Å². The van der Waals surface area contributed by atoms with Crippen molar-refractivity contribution in [3.63, 3.8) is 0 Å². The number of anilines is 1. The van der Waals surface area contributed by atoms with Crippen molar-refractivity contribution in [2.24, 2.45) is 5.92 Å². The molecule has 3 atom stereocenters. The molecule has 0 spiro atoms. The van der Waals surface area contributed by atoms with Crippen LogP contribution in [-0.4, -0.2) is 41.5 Å². The van der Waals surface area contributed by atoms with Gasteiger partial charge < -0.3 is 16.0 Å². The van der Waals surface area contributed by atoms with Crippen LogP contribution in [0.1, 0.15) is 25.3 Å². The van der Waals surface area contributed by atoms with E-state index in [4.69, 9.17) is 0 Å². The third-order valence-electron chi connectivity index (χ3n) is 4.75. The molecule has 0 radical (unpaired) electrons. The molecule has 0 saturated carbocycles. The largest absolute Gasteiger partial charge is 0.370 e. The first-order chi connectivity index (χ1) is 8.90. The van der Waals surface area contributed by atoms with Gasteiger partial charge in [-0.05, 0) is 25.2 Å². The summed E-state index contributed by atoms with van der Waals surface area (Å²) in [6, 6.07) is 4.19. The van der Waals surface area contributed by atoms with Gasteiger partial charge in [0.25, 0.3) is 0 Å². The van der Waals surface area contributed by atoms with E-state index in [1.165, 1.54) is 25.1 Å². The van der Waals surface area contributed by atoms with Crippen LogP contribution in [-0.2, 0) is 0 Å². The van der Waals surface area contributed by atoms with Crippen molar-refractivity contribution in [2.75, 3.05) is 25.0 Å². The summed E-state index contributed by atoms with van der Waals surface area (Å²) in [5.41, 5.74) is 0. The van der Waals surface area contributed by atoms with Gasteiger partial charge in [0, 0.05) is 37.8 Å². The summed E-state index contributed by atoms with van der Waals surface area (Å²) in [5, 5.41) is 15.0. The molecule has 5 nitrogen and oxygen atoms in total. The lowest BCUT2D eigenvalue weighted by atomic mass is 9.89. The second-order valence-corrected chi connectivity index (χ2v) is 5.90. The Morgan fingerprint density at radius 1 is 1.39 bits per heavy atom. The van der Waals surface area contributed by atoms with E-state index < -0.39 is 0 Å². The van der Waals surface area contributed by atoms with Crippen molar-refractivity contribution in [3.8, 4) is 0 Å². The smallest absolute Gasteiger partial charge is 0.124 e. The molecule has 98 valence electrons. The van der Waals surface area contributed by atoms with E-state index in [-0.39, 0.29) is 0 Å². The molecule has 0 unspecified atom stereocenters. The summed E-state index contributed by atoms with van der Waals surface area (Å²) < 4.78 is 2.14. The summed E-state index contributed by atoms with van der Waals surface area (Å²) in [5.74, 6) is 1.98. The maximum atomic E-state index is 4.43. The van der Waals surface area contributed by atoms with E-state index in [0.717, 1.165) is 37.6 Å². The van der Waals surface area contributed by atoms with Crippen LogP contribution in [0.25, 0.3) is 0 Å². The van der Waals surface area contributed by atoms with Crippen molar-refractivity contribution in [2.45, 2.75) is 37.4 Å². The number of hydrogen-bond acceptors (Lipinski definition) is 4. The molecule has 0 aliphatic carbocycles. The van der Waals surface area contributed by atoms with E-state index in [2.05, 4.69) is 31.8 Å². The molecule has 18 heavy (non-hydrogen) atoms.